The largest absolute Gasteiger partial charge is 0.342 e. The highest BCUT2D eigenvalue weighted by molar-refractivity contribution is 5.97. The summed E-state index contributed by atoms with van der Waals surface area (Å²) in [4.78, 5) is 26.6. The molecule has 0 saturated carbocycles. The predicted molar refractivity (Wildman–Crippen MR) is 98.3 cm³/mol. The summed E-state index contributed by atoms with van der Waals surface area (Å²) in [5.41, 5.74) is 7.83. The van der Waals surface area contributed by atoms with Crippen molar-refractivity contribution in [2.75, 3.05) is 19.6 Å². The van der Waals surface area contributed by atoms with Gasteiger partial charge in [-0.05, 0) is 18.0 Å². The highest BCUT2D eigenvalue weighted by atomic mass is 16.2. The number of nitrogens with two attached hydrogens (primary N) is 1. The fourth-order valence-corrected chi connectivity index (χ4v) is 3.54. The Bertz CT molecular complexity index is 715. The minimum atomic E-state index is 0.0168. The molecule has 0 unspecified atom stereocenters. The van der Waals surface area contributed by atoms with E-state index in [-0.39, 0.29) is 36.4 Å². The lowest BCUT2D eigenvalue weighted by molar-refractivity contribution is -0.130. The van der Waals surface area contributed by atoms with E-state index in [0.29, 0.717) is 25.2 Å². The number of amides is 1. The minimum Gasteiger partial charge on any atom is -0.342 e. The first-order valence-corrected chi connectivity index (χ1v) is 8.80. The summed E-state index contributed by atoms with van der Waals surface area (Å²) in [6.45, 7) is 1.92. The maximum Gasteiger partial charge on any atom is 0.223 e. The van der Waals surface area contributed by atoms with Crippen molar-refractivity contribution in [3.63, 3.8) is 0 Å². The number of likely N-dealkylation sites (tertiary alicyclic amines) is 1. The van der Waals surface area contributed by atoms with Crippen LogP contribution in [0.3, 0.4) is 0 Å². The van der Waals surface area contributed by atoms with Crippen LogP contribution in [0.1, 0.15) is 34.7 Å². The molecule has 1 amide bonds. The fourth-order valence-electron chi connectivity index (χ4n) is 3.54. The molecule has 2 N–H and O–H groups in total. The first kappa shape index (κ1) is 17.4. The molecule has 2 atom stereocenters. The maximum atomic E-state index is 12.6. The van der Waals surface area contributed by atoms with Crippen molar-refractivity contribution in [3.8, 4) is 0 Å². The van der Waals surface area contributed by atoms with E-state index in [2.05, 4.69) is 12.1 Å². The zero-order valence-electron chi connectivity index (χ0n) is 14.3. The highest BCUT2D eigenvalue weighted by Gasteiger charge is 2.35. The first-order valence-electron chi connectivity index (χ1n) is 8.80. The van der Waals surface area contributed by atoms with E-state index in [1.165, 1.54) is 5.56 Å². The van der Waals surface area contributed by atoms with Crippen LogP contribution in [0.5, 0.6) is 0 Å². The fraction of sp³-hybridized carbons (Fsp3) is 0.333. The van der Waals surface area contributed by atoms with Crippen molar-refractivity contribution in [2.45, 2.75) is 18.8 Å². The van der Waals surface area contributed by atoms with Crippen LogP contribution in [0.15, 0.2) is 60.7 Å². The summed E-state index contributed by atoms with van der Waals surface area (Å²) in [6.07, 6.45) is 0.509. The second-order valence-electron chi connectivity index (χ2n) is 6.60. The van der Waals surface area contributed by atoms with E-state index in [4.69, 9.17) is 5.73 Å². The standard InChI is InChI=1S/C21H24N2O2/c22-13-18-14-23(15-19(18)16-7-3-1-4-8-16)21(25)12-11-20(24)17-9-5-2-6-10-17/h1-10,18-19H,11-15,22H2/t18-,19+/m1/s1. The number of Topliss-reactive ketones (excluding diaryl/α,β-unsaturated/α-hetero) is 1. The van der Waals surface area contributed by atoms with Gasteiger partial charge in [0.05, 0.1) is 0 Å². The quantitative estimate of drug-likeness (QED) is 0.825. The van der Waals surface area contributed by atoms with Crippen molar-refractivity contribution in [2.24, 2.45) is 11.7 Å². The second kappa shape index (κ2) is 8.08. The van der Waals surface area contributed by atoms with Gasteiger partial charge in [0.2, 0.25) is 5.91 Å². The van der Waals surface area contributed by atoms with Gasteiger partial charge >= 0.3 is 0 Å². The summed E-state index contributed by atoms with van der Waals surface area (Å²) < 4.78 is 0. The molecule has 0 bridgehead atoms. The summed E-state index contributed by atoms with van der Waals surface area (Å²) >= 11 is 0. The molecule has 1 aliphatic rings. The molecule has 1 fully saturated rings. The van der Waals surface area contributed by atoms with Crippen molar-refractivity contribution >= 4 is 11.7 Å². The normalized spacial score (nSPS) is 19.8. The van der Waals surface area contributed by atoms with Crippen LogP contribution in [-0.2, 0) is 4.79 Å². The molecule has 0 aliphatic carbocycles. The van der Waals surface area contributed by atoms with E-state index >= 15 is 0 Å². The van der Waals surface area contributed by atoms with Crippen molar-refractivity contribution in [1.29, 1.82) is 0 Å². The third kappa shape index (κ3) is 4.15. The Morgan fingerprint density at radius 1 is 0.920 bits per heavy atom. The van der Waals surface area contributed by atoms with E-state index in [1.807, 2.05) is 41.3 Å². The number of carbonyl (C=O) groups excluding carboxylic acids is 2. The summed E-state index contributed by atoms with van der Waals surface area (Å²) in [5, 5.41) is 0. The average molecular weight is 336 g/mol. The molecular formula is C21H24N2O2. The zero-order valence-corrected chi connectivity index (χ0v) is 14.3. The number of carbonyl (C=O) groups is 2. The number of ketones is 1. The summed E-state index contributed by atoms with van der Waals surface area (Å²) in [7, 11) is 0. The van der Waals surface area contributed by atoms with E-state index in [9.17, 15) is 9.59 Å². The Labute approximate surface area is 148 Å². The van der Waals surface area contributed by atoms with Crippen molar-refractivity contribution in [1.82, 2.24) is 4.90 Å². The Kier molecular flexibility index (Phi) is 5.61. The van der Waals surface area contributed by atoms with Crippen molar-refractivity contribution < 1.29 is 9.59 Å². The number of rotatable bonds is 6. The molecule has 4 heteroatoms. The molecule has 4 nitrogen and oxygen atoms in total. The molecule has 1 heterocycles. The lowest BCUT2D eigenvalue weighted by Gasteiger charge is -2.16. The van der Waals surface area contributed by atoms with Gasteiger partial charge in [-0.25, -0.2) is 0 Å². The molecule has 0 aromatic heterocycles. The van der Waals surface area contributed by atoms with Crippen LogP contribution >= 0.6 is 0 Å². The monoisotopic (exact) mass is 336 g/mol. The summed E-state index contributed by atoms with van der Waals surface area (Å²) in [6, 6.07) is 19.4. The molecule has 1 saturated heterocycles. The average Bonchev–Trinajstić information content (AvgIpc) is 3.12. The Balaban J connectivity index is 1.59. The molecule has 25 heavy (non-hydrogen) atoms. The van der Waals surface area contributed by atoms with E-state index in [0.717, 1.165) is 0 Å². The van der Waals surface area contributed by atoms with Crippen LogP contribution in [0.2, 0.25) is 0 Å². The van der Waals surface area contributed by atoms with Crippen LogP contribution in [0.4, 0.5) is 0 Å². The number of hydrogen-bond acceptors (Lipinski definition) is 3. The first-order chi connectivity index (χ1) is 12.2. The number of nitrogens with zero attached hydrogens (tertiary/aromatic N) is 1. The topological polar surface area (TPSA) is 63.4 Å². The molecule has 130 valence electrons. The molecule has 0 spiro atoms. The minimum absolute atomic E-state index is 0.0168. The SMILES string of the molecule is NC[C@@H]1CN(C(=O)CCC(=O)c2ccccc2)C[C@H]1c1ccccc1. The van der Waals surface area contributed by atoms with E-state index in [1.54, 1.807) is 12.1 Å². The molecule has 1 aliphatic heterocycles. The Hall–Kier alpha value is -2.46. The second-order valence-corrected chi connectivity index (χ2v) is 6.60. The molecule has 0 radical (unpaired) electrons. The van der Waals surface area contributed by atoms with Gasteiger partial charge in [-0.1, -0.05) is 60.7 Å². The van der Waals surface area contributed by atoms with Crippen LogP contribution in [0, 0.1) is 5.92 Å². The van der Waals surface area contributed by atoms with Gasteiger partial charge in [0.1, 0.15) is 0 Å². The zero-order chi connectivity index (χ0) is 17.6. The lowest BCUT2D eigenvalue weighted by Crippen LogP contribution is -2.30. The predicted octanol–water partition coefficient (Wildman–Crippen LogP) is 2.85. The van der Waals surface area contributed by atoms with Gasteiger partial charge in [0.25, 0.3) is 0 Å². The van der Waals surface area contributed by atoms with Gasteiger partial charge in [0, 0.05) is 37.4 Å². The third-order valence-corrected chi connectivity index (χ3v) is 4.99. The van der Waals surface area contributed by atoms with Gasteiger partial charge < -0.3 is 10.6 Å². The van der Waals surface area contributed by atoms with E-state index < -0.39 is 0 Å². The van der Waals surface area contributed by atoms with Crippen molar-refractivity contribution in [3.05, 3.63) is 71.8 Å². The number of benzene rings is 2. The molecule has 2 aromatic carbocycles. The number of hydrogen-bond donors (Lipinski definition) is 1. The molecule has 3 rings (SSSR count). The lowest BCUT2D eigenvalue weighted by atomic mass is 9.89. The smallest absolute Gasteiger partial charge is 0.223 e. The Morgan fingerprint density at radius 3 is 2.20 bits per heavy atom. The maximum absolute atomic E-state index is 12.6. The molecule has 2 aromatic rings. The molecular weight excluding hydrogens is 312 g/mol. The van der Waals surface area contributed by atoms with Crippen LogP contribution in [0.25, 0.3) is 0 Å². The van der Waals surface area contributed by atoms with Crippen LogP contribution in [-0.4, -0.2) is 36.2 Å². The van der Waals surface area contributed by atoms with Gasteiger partial charge in [-0.2, -0.15) is 0 Å². The van der Waals surface area contributed by atoms with Crippen LogP contribution < -0.4 is 5.73 Å². The van der Waals surface area contributed by atoms with Gasteiger partial charge in [-0.15, -0.1) is 0 Å². The Morgan fingerprint density at radius 2 is 1.56 bits per heavy atom. The van der Waals surface area contributed by atoms with Gasteiger partial charge in [0.15, 0.2) is 5.78 Å². The highest BCUT2D eigenvalue weighted by Crippen LogP contribution is 2.32. The van der Waals surface area contributed by atoms with Gasteiger partial charge in [-0.3, -0.25) is 9.59 Å². The third-order valence-electron chi connectivity index (χ3n) is 4.99. The summed E-state index contributed by atoms with van der Waals surface area (Å²) in [5.74, 6) is 0.612.